The zero-order valence-electron chi connectivity index (χ0n) is 12.5. The molecule has 0 saturated heterocycles. The van der Waals surface area contributed by atoms with Gasteiger partial charge in [0.15, 0.2) is 0 Å². The van der Waals surface area contributed by atoms with Crippen molar-refractivity contribution in [2.75, 3.05) is 0 Å². The van der Waals surface area contributed by atoms with Gasteiger partial charge in [-0.25, -0.2) is 0 Å². The van der Waals surface area contributed by atoms with Crippen LogP contribution in [-0.2, 0) is 4.79 Å². The molecule has 0 bridgehead atoms. The van der Waals surface area contributed by atoms with Gasteiger partial charge in [-0.1, -0.05) is 0 Å². The average molecular weight is 296 g/mol. The molecule has 1 rings (SSSR count). The first-order valence-corrected chi connectivity index (χ1v) is 6.49. The number of nitrogens with two attached hydrogens (primary N) is 1. The number of hydrogen-bond acceptors (Lipinski definition) is 5. The van der Waals surface area contributed by atoms with E-state index in [2.05, 4.69) is 0 Å². The highest BCUT2D eigenvalue weighted by Gasteiger charge is 2.31. The minimum Gasteiger partial charge on any atom is -0.490 e. The van der Waals surface area contributed by atoms with Crippen molar-refractivity contribution in [3.8, 4) is 5.75 Å². The van der Waals surface area contributed by atoms with Crippen LogP contribution in [0.2, 0.25) is 0 Å². The van der Waals surface area contributed by atoms with Crippen molar-refractivity contribution in [3.63, 3.8) is 0 Å². The maximum atomic E-state index is 11.0. The average Bonchev–Trinajstić information content (AvgIpc) is 2.31. The molecule has 0 radical (unpaired) electrons. The molecule has 0 amide bonds. The number of carboxylic acid groups (broad SMARTS) is 1. The smallest absolute Gasteiger partial charge is 0.323 e. The zero-order chi connectivity index (χ0) is 16.4. The van der Waals surface area contributed by atoms with E-state index < -0.39 is 22.5 Å². The van der Waals surface area contributed by atoms with E-state index in [-0.39, 0.29) is 12.1 Å². The van der Waals surface area contributed by atoms with E-state index in [0.717, 1.165) is 0 Å². The molecule has 0 aromatic heterocycles. The van der Waals surface area contributed by atoms with Crippen LogP contribution < -0.4 is 10.5 Å². The lowest BCUT2D eigenvalue weighted by Gasteiger charge is -2.24. The predicted octanol–water partition coefficient (Wildman–Crippen LogP) is 2.17. The second kappa shape index (κ2) is 6.09. The molecular formula is C14H20N2O5. The highest BCUT2D eigenvalue weighted by molar-refractivity contribution is 5.77. The topological polar surface area (TPSA) is 116 Å². The number of hydrogen-bond donors (Lipinski definition) is 2. The maximum Gasteiger partial charge on any atom is 0.323 e. The van der Waals surface area contributed by atoms with Crippen LogP contribution in [-0.4, -0.2) is 27.6 Å². The van der Waals surface area contributed by atoms with Gasteiger partial charge in [-0.3, -0.25) is 14.9 Å². The summed E-state index contributed by atoms with van der Waals surface area (Å²) in [5.74, 6) is -0.610. The fraction of sp³-hybridized carbons (Fsp3) is 0.500. The summed E-state index contributed by atoms with van der Waals surface area (Å²) in [6, 6.07) is 3.02. The molecule has 0 heterocycles. The number of nitro benzene ring substituents is 1. The van der Waals surface area contributed by atoms with Gasteiger partial charge in [0.1, 0.15) is 11.3 Å². The van der Waals surface area contributed by atoms with Crippen molar-refractivity contribution >= 4 is 11.7 Å². The molecule has 0 aliphatic rings. The molecule has 1 aromatic rings. The van der Waals surface area contributed by atoms with Crippen LogP contribution in [0.4, 0.5) is 5.69 Å². The first-order valence-electron chi connectivity index (χ1n) is 6.49. The number of nitrogens with zero attached hydrogens (tertiary/aromatic N) is 1. The number of ether oxygens (including phenoxy) is 1. The van der Waals surface area contributed by atoms with Gasteiger partial charge in [0.25, 0.3) is 5.69 Å². The van der Waals surface area contributed by atoms with Crippen LogP contribution in [0.25, 0.3) is 0 Å². The highest BCUT2D eigenvalue weighted by atomic mass is 16.6. The summed E-state index contributed by atoms with van der Waals surface area (Å²) in [4.78, 5) is 21.4. The summed E-state index contributed by atoms with van der Waals surface area (Å²) in [5, 5.41) is 19.8. The Kier molecular flexibility index (Phi) is 4.90. The molecule has 2 unspecified atom stereocenters. The van der Waals surface area contributed by atoms with Crippen molar-refractivity contribution in [3.05, 3.63) is 33.4 Å². The summed E-state index contributed by atoms with van der Waals surface area (Å²) in [5.41, 5.74) is 5.43. The Morgan fingerprint density at radius 2 is 2.05 bits per heavy atom. The Labute approximate surface area is 122 Å². The second-order valence-corrected chi connectivity index (χ2v) is 5.52. The van der Waals surface area contributed by atoms with E-state index in [1.807, 2.05) is 0 Å². The van der Waals surface area contributed by atoms with E-state index in [4.69, 9.17) is 15.6 Å². The Morgan fingerprint density at radius 1 is 1.48 bits per heavy atom. The van der Waals surface area contributed by atoms with Crippen molar-refractivity contribution in [2.45, 2.75) is 45.8 Å². The quantitative estimate of drug-likeness (QED) is 0.614. The van der Waals surface area contributed by atoms with Gasteiger partial charge >= 0.3 is 5.97 Å². The lowest BCUT2D eigenvalue weighted by Crippen LogP contribution is -2.47. The fourth-order valence-electron chi connectivity index (χ4n) is 2.04. The highest BCUT2D eigenvalue weighted by Crippen LogP contribution is 2.29. The molecule has 0 spiro atoms. The number of nitro groups is 1. The molecule has 2 atom stereocenters. The number of carboxylic acids is 1. The number of benzene rings is 1. The van der Waals surface area contributed by atoms with Gasteiger partial charge in [0.05, 0.1) is 11.0 Å². The van der Waals surface area contributed by atoms with Crippen molar-refractivity contribution in [2.24, 2.45) is 5.73 Å². The first-order chi connectivity index (χ1) is 9.54. The van der Waals surface area contributed by atoms with Gasteiger partial charge < -0.3 is 15.6 Å². The summed E-state index contributed by atoms with van der Waals surface area (Å²) in [6.07, 6.45) is -0.312. The molecule has 7 heteroatoms. The molecule has 0 fully saturated rings. The molecule has 21 heavy (non-hydrogen) atoms. The van der Waals surface area contributed by atoms with Gasteiger partial charge in [-0.05, 0) is 39.3 Å². The van der Waals surface area contributed by atoms with Crippen molar-refractivity contribution < 1.29 is 19.6 Å². The predicted molar refractivity (Wildman–Crippen MR) is 77.5 cm³/mol. The van der Waals surface area contributed by atoms with E-state index >= 15 is 0 Å². The van der Waals surface area contributed by atoms with Crippen LogP contribution in [0, 0.1) is 24.0 Å². The molecule has 1 aromatic carbocycles. The van der Waals surface area contributed by atoms with Gasteiger partial charge in [0.2, 0.25) is 0 Å². The monoisotopic (exact) mass is 296 g/mol. The Bertz CT molecular complexity index is 569. The summed E-state index contributed by atoms with van der Waals surface area (Å²) >= 11 is 0. The van der Waals surface area contributed by atoms with E-state index in [9.17, 15) is 14.9 Å². The Hall–Kier alpha value is -2.15. The number of aliphatic carboxylic acids is 1. The third-order valence-electron chi connectivity index (χ3n) is 3.22. The van der Waals surface area contributed by atoms with Crippen molar-refractivity contribution in [1.82, 2.24) is 0 Å². The van der Waals surface area contributed by atoms with Crippen LogP contribution in [0.1, 0.15) is 31.4 Å². The van der Waals surface area contributed by atoms with Crippen molar-refractivity contribution in [1.29, 1.82) is 0 Å². The second-order valence-electron chi connectivity index (χ2n) is 5.52. The third kappa shape index (κ3) is 4.16. The number of carbonyl (C=O) groups is 1. The van der Waals surface area contributed by atoms with Crippen LogP contribution in [0.3, 0.4) is 0 Å². The van der Waals surface area contributed by atoms with E-state index in [1.54, 1.807) is 26.8 Å². The molecule has 116 valence electrons. The molecule has 7 nitrogen and oxygen atoms in total. The standard InChI is InChI=1S/C14H20N2O5/c1-8-6-12(9(2)5-11(8)16(19)20)21-10(3)7-14(4,15)13(17)18/h5-6,10H,7,15H2,1-4H3,(H,17,18). The summed E-state index contributed by atoms with van der Waals surface area (Å²) in [6.45, 7) is 6.46. The van der Waals surface area contributed by atoms with Gasteiger partial charge in [-0.15, -0.1) is 0 Å². The normalized spacial score (nSPS) is 15.1. The largest absolute Gasteiger partial charge is 0.490 e. The molecular weight excluding hydrogens is 276 g/mol. The first kappa shape index (κ1) is 16.9. The summed E-state index contributed by atoms with van der Waals surface area (Å²) in [7, 11) is 0. The number of rotatable bonds is 6. The third-order valence-corrected chi connectivity index (χ3v) is 3.22. The molecule has 0 saturated carbocycles. The molecule has 0 aliphatic heterocycles. The Balaban J connectivity index is 2.91. The zero-order valence-corrected chi connectivity index (χ0v) is 12.5. The van der Waals surface area contributed by atoms with Crippen LogP contribution in [0.15, 0.2) is 12.1 Å². The number of aryl methyl sites for hydroxylation is 2. The fourth-order valence-corrected chi connectivity index (χ4v) is 2.04. The van der Waals surface area contributed by atoms with Crippen LogP contribution in [0.5, 0.6) is 5.75 Å². The van der Waals surface area contributed by atoms with E-state index in [1.165, 1.54) is 13.0 Å². The SMILES string of the molecule is Cc1cc([N+](=O)[O-])c(C)cc1OC(C)CC(C)(N)C(=O)O. The van der Waals surface area contributed by atoms with Crippen LogP contribution >= 0.6 is 0 Å². The van der Waals surface area contributed by atoms with Gasteiger partial charge in [-0.2, -0.15) is 0 Å². The Morgan fingerprint density at radius 3 is 2.52 bits per heavy atom. The lowest BCUT2D eigenvalue weighted by molar-refractivity contribution is -0.385. The minimum atomic E-state index is -1.39. The summed E-state index contributed by atoms with van der Waals surface area (Å²) < 4.78 is 5.68. The van der Waals surface area contributed by atoms with E-state index in [0.29, 0.717) is 16.9 Å². The molecule has 0 aliphatic carbocycles. The maximum absolute atomic E-state index is 11.0. The minimum absolute atomic E-state index is 0.0294. The van der Waals surface area contributed by atoms with Gasteiger partial charge in [0, 0.05) is 18.1 Å². The lowest BCUT2D eigenvalue weighted by atomic mass is 9.96. The molecule has 3 N–H and O–H groups in total.